The van der Waals surface area contributed by atoms with Crippen molar-refractivity contribution in [2.45, 2.75) is 322 Å². The third kappa shape index (κ3) is 51.1. The van der Waals surface area contributed by atoms with Crippen molar-refractivity contribution >= 4 is 11.8 Å². The van der Waals surface area contributed by atoms with Crippen LogP contribution >= 0.6 is 0 Å². The molecule has 0 aromatic carbocycles. The van der Waals surface area contributed by atoms with E-state index in [1.807, 2.05) is 0 Å². The predicted molar refractivity (Wildman–Crippen MR) is 259 cm³/mol. The largest absolute Gasteiger partial charge is 0.356 e. The van der Waals surface area contributed by atoms with E-state index >= 15 is 0 Å². The number of hydrogen-bond acceptors (Lipinski definition) is 2. The average Bonchev–Trinajstić information content (AvgIpc) is 3.22. The lowest BCUT2D eigenvalue weighted by molar-refractivity contribution is -0.122. The van der Waals surface area contributed by atoms with Gasteiger partial charge in [-0.05, 0) is 25.7 Å². The molecular weight excluding hydrogens is 709 g/mol. The molecule has 0 rings (SSSR count). The molecule has 2 amide bonds. The van der Waals surface area contributed by atoms with Gasteiger partial charge in [-0.25, -0.2) is 0 Å². The van der Waals surface area contributed by atoms with Crippen molar-refractivity contribution in [1.29, 1.82) is 0 Å². The first-order chi connectivity index (χ1) is 28.7. The maximum Gasteiger partial charge on any atom is 0.219 e. The summed E-state index contributed by atoms with van der Waals surface area (Å²) >= 11 is 0. The fraction of sp³-hybridized carbons (Fsp3) is 0.963. The van der Waals surface area contributed by atoms with Gasteiger partial charge in [0.25, 0.3) is 0 Å². The Morgan fingerprint density at radius 3 is 0.569 bits per heavy atom. The Labute approximate surface area is 366 Å². The molecule has 0 aliphatic rings. The summed E-state index contributed by atoms with van der Waals surface area (Å²) in [5, 5.41) is 6.23. The monoisotopic (exact) mass is 817 g/mol. The molecule has 0 aromatic rings. The van der Waals surface area contributed by atoms with Crippen LogP contribution in [0.15, 0.2) is 0 Å². The fourth-order valence-electron chi connectivity index (χ4n) is 8.67. The van der Waals surface area contributed by atoms with Gasteiger partial charge in [-0.1, -0.05) is 284 Å². The zero-order valence-corrected chi connectivity index (χ0v) is 40.2. The highest BCUT2D eigenvalue weighted by atomic mass is 16.2. The van der Waals surface area contributed by atoms with E-state index in [2.05, 4.69) is 24.5 Å². The normalized spacial score (nSPS) is 11.4. The highest BCUT2D eigenvalue weighted by Gasteiger charge is 2.03. The number of carbonyl (C=O) groups is 2. The minimum absolute atomic E-state index is 0.227. The van der Waals surface area contributed by atoms with Crippen molar-refractivity contribution in [3.8, 4) is 0 Å². The molecule has 0 atom stereocenters. The van der Waals surface area contributed by atoms with Crippen LogP contribution in [0.25, 0.3) is 0 Å². The van der Waals surface area contributed by atoms with Crippen LogP contribution in [-0.2, 0) is 9.59 Å². The van der Waals surface area contributed by atoms with Gasteiger partial charge in [0.1, 0.15) is 0 Å². The summed E-state index contributed by atoms with van der Waals surface area (Å²) in [6, 6.07) is 0. The number of nitrogens with one attached hydrogen (secondary N) is 2. The third-order valence-electron chi connectivity index (χ3n) is 12.8. The summed E-state index contributed by atoms with van der Waals surface area (Å²) in [4.78, 5) is 24.4. The first-order valence-electron chi connectivity index (χ1n) is 27.2. The van der Waals surface area contributed by atoms with Crippen LogP contribution in [0.3, 0.4) is 0 Å². The molecule has 0 heterocycles. The Kier molecular flexibility index (Phi) is 51.1. The Morgan fingerprint density at radius 2 is 0.379 bits per heavy atom. The molecule has 0 aliphatic heterocycles. The SMILES string of the molecule is CCCCCCCCCCCCCCCCCCCCCCCC(=O)NCCCCCCNC(=O)CCCCCCCCCCCCCCCCCCCCCCC. The molecule has 0 aliphatic carbocycles. The van der Waals surface area contributed by atoms with E-state index in [0.29, 0.717) is 12.8 Å². The van der Waals surface area contributed by atoms with Gasteiger partial charge in [-0.15, -0.1) is 0 Å². The van der Waals surface area contributed by atoms with Gasteiger partial charge >= 0.3 is 0 Å². The minimum Gasteiger partial charge on any atom is -0.356 e. The van der Waals surface area contributed by atoms with Gasteiger partial charge in [0, 0.05) is 25.9 Å². The Morgan fingerprint density at radius 1 is 0.224 bits per heavy atom. The summed E-state index contributed by atoms with van der Waals surface area (Å²) in [5.74, 6) is 0.454. The van der Waals surface area contributed by atoms with Crippen LogP contribution in [0, 0.1) is 0 Å². The van der Waals surface area contributed by atoms with E-state index in [4.69, 9.17) is 0 Å². The minimum atomic E-state index is 0.227. The van der Waals surface area contributed by atoms with Crippen molar-refractivity contribution in [2.24, 2.45) is 0 Å². The van der Waals surface area contributed by atoms with Crippen LogP contribution in [-0.4, -0.2) is 24.9 Å². The Hall–Kier alpha value is -1.06. The molecule has 346 valence electrons. The quantitative estimate of drug-likeness (QED) is 0.0601. The lowest BCUT2D eigenvalue weighted by Crippen LogP contribution is -2.24. The van der Waals surface area contributed by atoms with Crippen LogP contribution in [0.4, 0.5) is 0 Å². The second kappa shape index (κ2) is 52.1. The van der Waals surface area contributed by atoms with Gasteiger partial charge in [0.2, 0.25) is 11.8 Å². The second-order valence-electron chi connectivity index (χ2n) is 18.8. The number of rotatable bonds is 51. The molecule has 0 spiro atoms. The van der Waals surface area contributed by atoms with E-state index in [1.54, 1.807) is 0 Å². The van der Waals surface area contributed by atoms with E-state index < -0.39 is 0 Å². The second-order valence-corrected chi connectivity index (χ2v) is 18.8. The zero-order chi connectivity index (χ0) is 41.9. The van der Waals surface area contributed by atoms with Crippen LogP contribution in [0.1, 0.15) is 322 Å². The lowest BCUT2D eigenvalue weighted by Gasteiger charge is -2.07. The van der Waals surface area contributed by atoms with Gasteiger partial charge in [-0.3, -0.25) is 9.59 Å². The summed E-state index contributed by atoms with van der Waals surface area (Å²) < 4.78 is 0. The van der Waals surface area contributed by atoms with E-state index in [0.717, 1.165) is 51.6 Å². The number of carbonyl (C=O) groups excluding carboxylic acids is 2. The molecule has 4 nitrogen and oxygen atoms in total. The highest BCUT2D eigenvalue weighted by molar-refractivity contribution is 5.76. The topological polar surface area (TPSA) is 58.2 Å². The van der Waals surface area contributed by atoms with Crippen molar-refractivity contribution in [3.63, 3.8) is 0 Å². The molecule has 0 saturated carbocycles. The number of hydrogen-bond donors (Lipinski definition) is 2. The molecule has 58 heavy (non-hydrogen) atoms. The maximum absolute atomic E-state index is 12.2. The van der Waals surface area contributed by atoms with Crippen LogP contribution in [0.5, 0.6) is 0 Å². The molecule has 2 N–H and O–H groups in total. The van der Waals surface area contributed by atoms with Crippen molar-refractivity contribution in [1.82, 2.24) is 10.6 Å². The molecular formula is C54H108N2O2. The molecule has 0 saturated heterocycles. The smallest absolute Gasteiger partial charge is 0.219 e. The van der Waals surface area contributed by atoms with Crippen molar-refractivity contribution < 1.29 is 9.59 Å². The molecule has 0 bridgehead atoms. The zero-order valence-electron chi connectivity index (χ0n) is 40.2. The summed E-state index contributed by atoms with van der Waals surface area (Å²) in [5.41, 5.74) is 0. The third-order valence-corrected chi connectivity index (χ3v) is 12.8. The maximum atomic E-state index is 12.2. The Bertz CT molecular complexity index is 721. The first kappa shape index (κ1) is 56.9. The van der Waals surface area contributed by atoms with Crippen molar-refractivity contribution in [3.05, 3.63) is 0 Å². The molecule has 0 aromatic heterocycles. The van der Waals surface area contributed by atoms with Gasteiger partial charge in [0.15, 0.2) is 0 Å². The summed E-state index contributed by atoms with van der Waals surface area (Å²) in [7, 11) is 0. The average molecular weight is 817 g/mol. The van der Waals surface area contributed by atoms with Crippen LogP contribution in [0.2, 0.25) is 0 Å². The van der Waals surface area contributed by atoms with Gasteiger partial charge in [0.05, 0.1) is 0 Å². The number of unbranched alkanes of at least 4 members (excludes halogenated alkanes) is 43. The lowest BCUT2D eigenvalue weighted by atomic mass is 10.0. The van der Waals surface area contributed by atoms with E-state index in [-0.39, 0.29) is 11.8 Å². The Balaban J connectivity index is 3.22. The fourth-order valence-corrected chi connectivity index (χ4v) is 8.67. The van der Waals surface area contributed by atoms with Crippen molar-refractivity contribution in [2.75, 3.05) is 13.1 Å². The predicted octanol–water partition coefficient (Wildman–Crippen LogP) is 18.0. The van der Waals surface area contributed by atoms with Crippen LogP contribution < -0.4 is 10.6 Å². The molecule has 0 radical (unpaired) electrons. The standard InChI is InChI=1S/C54H108N2O2/c1-3-5-7-9-11-13-15-17-19-21-23-25-27-29-31-33-35-37-39-41-45-49-53(57)55-51-47-43-44-48-52-56-54(58)50-46-42-40-38-36-34-32-30-28-26-24-22-20-18-16-14-12-10-8-6-4-2/h3-52H2,1-2H3,(H,55,57)(H,56,58). The summed E-state index contributed by atoms with van der Waals surface area (Å²) in [6.45, 7) is 6.19. The molecule has 0 fully saturated rings. The van der Waals surface area contributed by atoms with Gasteiger partial charge in [-0.2, -0.15) is 0 Å². The van der Waals surface area contributed by atoms with E-state index in [1.165, 1.54) is 257 Å². The molecule has 0 unspecified atom stereocenters. The van der Waals surface area contributed by atoms with E-state index in [9.17, 15) is 9.59 Å². The highest BCUT2D eigenvalue weighted by Crippen LogP contribution is 2.17. The molecule has 4 heteroatoms. The number of amides is 2. The first-order valence-corrected chi connectivity index (χ1v) is 27.2. The summed E-state index contributed by atoms with van der Waals surface area (Å²) in [6.07, 6.45) is 64.1. The van der Waals surface area contributed by atoms with Gasteiger partial charge < -0.3 is 10.6 Å².